The van der Waals surface area contributed by atoms with Gasteiger partial charge in [-0.2, -0.15) is 0 Å². The van der Waals surface area contributed by atoms with Crippen LogP contribution in [0, 0.1) is 11.8 Å². The molecule has 1 fully saturated rings. The highest BCUT2D eigenvalue weighted by molar-refractivity contribution is 4.78. The fourth-order valence-electron chi connectivity index (χ4n) is 2.24. The Bertz CT molecular complexity index is 141. The van der Waals surface area contributed by atoms with E-state index in [4.69, 9.17) is 10.5 Å². The van der Waals surface area contributed by atoms with Crippen LogP contribution >= 0.6 is 0 Å². The average Bonchev–Trinajstić information content (AvgIpc) is 2.26. The molecule has 2 unspecified atom stereocenters. The van der Waals surface area contributed by atoms with Crippen LogP contribution in [0.1, 0.15) is 32.6 Å². The zero-order chi connectivity index (χ0) is 10.4. The van der Waals surface area contributed by atoms with Gasteiger partial charge in [0.25, 0.3) is 0 Å². The lowest BCUT2D eigenvalue weighted by Gasteiger charge is -2.31. The summed E-state index contributed by atoms with van der Waals surface area (Å²) < 4.78 is 5.28. The summed E-state index contributed by atoms with van der Waals surface area (Å²) in [6.45, 7) is 4.34. The third-order valence-corrected chi connectivity index (χ3v) is 3.19. The van der Waals surface area contributed by atoms with Gasteiger partial charge >= 0.3 is 0 Å². The van der Waals surface area contributed by atoms with Crippen molar-refractivity contribution in [2.45, 2.75) is 38.7 Å². The normalized spacial score (nSPS) is 23.4. The van der Waals surface area contributed by atoms with E-state index in [9.17, 15) is 5.11 Å². The molecular weight excluding hydrogens is 178 g/mol. The number of ether oxygens (including phenoxy) is 1. The summed E-state index contributed by atoms with van der Waals surface area (Å²) in [7, 11) is 0. The summed E-state index contributed by atoms with van der Waals surface area (Å²) in [6, 6.07) is 0. The summed E-state index contributed by atoms with van der Waals surface area (Å²) in [5.41, 5.74) is 5.68. The van der Waals surface area contributed by atoms with E-state index in [0.717, 1.165) is 38.9 Å². The van der Waals surface area contributed by atoms with Crippen LogP contribution in [0.15, 0.2) is 0 Å². The molecule has 3 N–H and O–H groups in total. The molecule has 0 bridgehead atoms. The van der Waals surface area contributed by atoms with Crippen LogP contribution < -0.4 is 5.73 Å². The summed E-state index contributed by atoms with van der Waals surface area (Å²) >= 11 is 0. The molecule has 0 aromatic rings. The van der Waals surface area contributed by atoms with Crippen LogP contribution in [-0.4, -0.2) is 31.0 Å². The Hall–Kier alpha value is -0.120. The smallest absolute Gasteiger partial charge is 0.0610 e. The molecule has 0 amide bonds. The lowest BCUT2D eigenvalue weighted by Crippen LogP contribution is -2.36. The second-order valence-electron chi connectivity index (χ2n) is 4.22. The predicted molar refractivity (Wildman–Crippen MR) is 57.0 cm³/mol. The number of nitrogens with two attached hydrogens (primary N) is 1. The maximum Gasteiger partial charge on any atom is 0.0610 e. The minimum atomic E-state index is -0.219. The van der Waals surface area contributed by atoms with Crippen molar-refractivity contribution < 1.29 is 9.84 Å². The minimum absolute atomic E-state index is 0.219. The molecule has 3 heteroatoms. The first-order chi connectivity index (χ1) is 6.79. The van der Waals surface area contributed by atoms with Crippen molar-refractivity contribution >= 4 is 0 Å². The molecule has 0 aliphatic carbocycles. The predicted octanol–water partition coefficient (Wildman–Crippen LogP) is 1.15. The fraction of sp³-hybridized carbons (Fsp3) is 1.00. The monoisotopic (exact) mass is 201 g/mol. The average molecular weight is 201 g/mol. The summed E-state index contributed by atoms with van der Waals surface area (Å²) in [5, 5.41) is 10.1. The van der Waals surface area contributed by atoms with Crippen LogP contribution in [0.2, 0.25) is 0 Å². The van der Waals surface area contributed by atoms with Gasteiger partial charge in [-0.3, -0.25) is 0 Å². The first kappa shape index (κ1) is 12.0. The van der Waals surface area contributed by atoms with Crippen LogP contribution in [0.5, 0.6) is 0 Å². The molecule has 3 nitrogen and oxygen atoms in total. The fourth-order valence-corrected chi connectivity index (χ4v) is 2.24. The van der Waals surface area contributed by atoms with E-state index < -0.39 is 0 Å². The molecule has 1 saturated heterocycles. The van der Waals surface area contributed by atoms with Crippen molar-refractivity contribution in [3.8, 4) is 0 Å². The Morgan fingerprint density at radius 1 is 1.43 bits per heavy atom. The summed E-state index contributed by atoms with van der Waals surface area (Å²) in [5.74, 6) is 0.687. The van der Waals surface area contributed by atoms with Crippen molar-refractivity contribution in [1.82, 2.24) is 0 Å². The molecule has 0 radical (unpaired) electrons. The van der Waals surface area contributed by atoms with Crippen molar-refractivity contribution in [2.24, 2.45) is 17.6 Å². The topological polar surface area (TPSA) is 55.5 Å². The van der Waals surface area contributed by atoms with Crippen molar-refractivity contribution in [3.63, 3.8) is 0 Å². The first-order valence-corrected chi connectivity index (χ1v) is 5.75. The van der Waals surface area contributed by atoms with Crippen LogP contribution in [-0.2, 0) is 4.74 Å². The van der Waals surface area contributed by atoms with Crippen molar-refractivity contribution in [1.29, 1.82) is 0 Å². The third-order valence-electron chi connectivity index (χ3n) is 3.19. The number of rotatable bonds is 5. The van der Waals surface area contributed by atoms with Gasteiger partial charge in [0.1, 0.15) is 0 Å². The number of hydrogen-bond acceptors (Lipinski definition) is 3. The van der Waals surface area contributed by atoms with Gasteiger partial charge < -0.3 is 15.6 Å². The SMILES string of the molecule is CCCC(CN)C(O)C1CCOCC1. The standard InChI is InChI=1S/C11H23NO2/c1-2-3-10(8-12)11(13)9-4-6-14-7-5-9/h9-11,13H,2-8,12H2,1H3. The zero-order valence-corrected chi connectivity index (χ0v) is 9.11. The first-order valence-electron chi connectivity index (χ1n) is 5.75. The van der Waals surface area contributed by atoms with Gasteiger partial charge in [-0.1, -0.05) is 13.3 Å². The second kappa shape index (κ2) is 6.38. The Morgan fingerprint density at radius 3 is 2.57 bits per heavy atom. The van der Waals surface area contributed by atoms with E-state index >= 15 is 0 Å². The Kier molecular flexibility index (Phi) is 5.45. The van der Waals surface area contributed by atoms with Gasteiger partial charge in [-0.25, -0.2) is 0 Å². The molecular formula is C11H23NO2. The molecule has 0 saturated carbocycles. The lowest BCUT2D eigenvalue weighted by atomic mass is 9.84. The lowest BCUT2D eigenvalue weighted by molar-refractivity contribution is -0.0174. The van der Waals surface area contributed by atoms with Gasteiger partial charge in [0, 0.05) is 13.2 Å². The van der Waals surface area contributed by atoms with E-state index in [1.54, 1.807) is 0 Å². The van der Waals surface area contributed by atoms with Gasteiger partial charge in [0.05, 0.1) is 6.10 Å². The number of aliphatic hydroxyl groups is 1. The highest BCUT2D eigenvalue weighted by Gasteiger charge is 2.27. The number of hydrogen-bond donors (Lipinski definition) is 2. The quantitative estimate of drug-likeness (QED) is 0.701. The molecule has 1 heterocycles. The Labute approximate surface area is 86.6 Å². The van der Waals surface area contributed by atoms with E-state index in [0.29, 0.717) is 12.5 Å². The highest BCUT2D eigenvalue weighted by Crippen LogP contribution is 2.25. The Morgan fingerprint density at radius 2 is 2.07 bits per heavy atom. The van der Waals surface area contributed by atoms with Crippen molar-refractivity contribution in [3.05, 3.63) is 0 Å². The molecule has 84 valence electrons. The van der Waals surface area contributed by atoms with Gasteiger partial charge in [0.2, 0.25) is 0 Å². The molecule has 0 aromatic heterocycles. The molecule has 0 spiro atoms. The highest BCUT2D eigenvalue weighted by atomic mass is 16.5. The number of aliphatic hydroxyl groups excluding tert-OH is 1. The minimum Gasteiger partial charge on any atom is -0.392 e. The van der Waals surface area contributed by atoms with E-state index in [2.05, 4.69) is 6.92 Å². The van der Waals surface area contributed by atoms with Gasteiger partial charge in [0.15, 0.2) is 0 Å². The molecule has 1 aliphatic rings. The second-order valence-corrected chi connectivity index (χ2v) is 4.22. The maximum absolute atomic E-state index is 10.1. The van der Waals surface area contributed by atoms with E-state index in [1.807, 2.05) is 0 Å². The molecule has 1 aliphatic heterocycles. The molecule has 2 atom stereocenters. The zero-order valence-electron chi connectivity index (χ0n) is 9.11. The molecule has 0 aromatic carbocycles. The van der Waals surface area contributed by atoms with Gasteiger partial charge in [-0.15, -0.1) is 0 Å². The molecule has 1 rings (SSSR count). The van der Waals surface area contributed by atoms with Gasteiger partial charge in [-0.05, 0) is 37.6 Å². The molecule has 14 heavy (non-hydrogen) atoms. The van der Waals surface area contributed by atoms with Crippen LogP contribution in [0.4, 0.5) is 0 Å². The van der Waals surface area contributed by atoms with Crippen LogP contribution in [0.25, 0.3) is 0 Å². The van der Waals surface area contributed by atoms with E-state index in [1.165, 1.54) is 0 Å². The largest absolute Gasteiger partial charge is 0.392 e. The third kappa shape index (κ3) is 3.23. The Balaban J connectivity index is 2.38. The van der Waals surface area contributed by atoms with Crippen LogP contribution in [0.3, 0.4) is 0 Å². The van der Waals surface area contributed by atoms with Crippen molar-refractivity contribution in [2.75, 3.05) is 19.8 Å². The maximum atomic E-state index is 10.1. The summed E-state index contributed by atoms with van der Waals surface area (Å²) in [4.78, 5) is 0. The summed E-state index contributed by atoms with van der Waals surface area (Å²) in [6.07, 6.45) is 3.89. The van der Waals surface area contributed by atoms with E-state index in [-0.39, 0.29) is 12.0 Å².